The third-order valence-electron chi connectivity index (χ3n) is 2.58. The highest BCUT2D eigenvalue weighted by atomic mass is 32.2. The Kier molecular flexibility index (Phi) is 5.72. The molecule has 0 saturated carbocycles. The molecule has 0 spiro atoms. The summed E-state index contributed by atoms with van der Waals surface area (Å²) in [5.41, 5.74) is 1.29. The second kappa shape index (κ2) is 7.76. The first-order valence-corrected chi connectivity index (χ1v) is 8.20. The number of hydrogen-bond acceptors (Lipinski definition) is 6. The van der Waals surface area contributed by atoms with Gasteiger partial charge in [0.25, 0.3) is 0 Å². The van der Waals surface area contributed by atoms with Gasteiger partial charge in [-0.3, -0.25) is 4.79 Å². The van der Waals surface area contributed by atoms with E-state index in [1.165, 1.54) is 0 Å². The molecule has 0 radical (unpaired) electrons. The van der Waals surface area contributed by atoms with Crippen LogP contribution in [-0.2, 0) is 4.79 Å². The van der Waals surface area contributed by atoms with E-state index in [4.69, 9.17) is 5.26 Å². The van der Waals surface area contributed by atoms with Gasteiger partial charge in [-0.2, -0.15) is 5.26 Å². The van der Waals surface area contributed by atoms with E-state index in [0.29, 0.717) is 17.7 Å². The monoisotopic (exact) mass is 318 g/mol. The Morgan fingerprint density at radius 1 is 1.38 bits per heavy atom. The minimum atomic E-state index is -0.0197. The van der Waals surface area contributed by atoms with Gasteiger partial charge in [0.15, 0.2) is 4.34 Å². The van der Waals surface area contributed by atoms with Crippen molar-refractivity contribution in [2.24, 2.45) is 0 Å². The lowest BCUT2D eigenvalue weighted by Gasteiger charge is -2.04. The maximum atomic E-state index is 11.8. The van der Waals surface area contributed by atoms with Crippen molar-refractivity contribution in [1.29, 1.82) is 5.26 Å². The van der Waals surface area contributed by atoms with E-state index < -0.39 is 0 Å². The molecule has 1 amide bonds. The molecule has 0 aliphatic carbocycles. The molecule has 1 N–H and O–H groups in total. The van der Waals surface area contributed by atoms with Crippen LogP contribution in [0.3, 0.4) is 0 Å². The van der Waals surface area contributed by atoms with Gasteiger partial charge in [0.05, 0.1) is 11.6 Å². The van der Waals surface area contributed by atoms with Crippen LogP contribution < -0.4 is 5.32 Å². The largest absolute Gasteiger partial charge is 0.326 e. The summed E-state index contributed by atoms with van der Waals surface area (Å²) in [4.78, 5) is 11.8. The molecule has 0 aliphatic rings. The van der Waals surface area contributed by atoms with Gasteiger partial charge in [-0.25, -0.2) is 0 Å². The predicted octanol–water partition coefficient (Wildman–Crippen LogP) is 3.23. The fourth-order valence-corrected chi connectivity index (χ4v) is 3.41. The molecule has 2 aromatic rings. The van der Waals surface area contributed by atoms with Crippen LogP contribution in [0.2, 0.25) is 0 Å². The lowest BCUT2D eigenvalue weighted by Crippen LogP contribution is -2.11. The molecule has 2 rings (SSSR count). The van der Waals surface area contributed by atoms with Crippen molar-refractivity contribution >= 4 is 34.7 Å². The van der Waals surface area contributed by atoms with Gasteiger partial charge < -0.3 is 5.32 Å². The van der Waals surface area contributed by atoms with Gasteiger partial charge in [-0.15, -0.1) is 10.2 Å². The highest BCUT2D eigenvalue weighted by molar-refractivity contribution is 8.01. The number of amides is 1. The zero-order valence-corrected chi connectivity index (χ0v) is 13.1. The average Bonchev–Trinajstić information content (AvgIpc) is 2.90. The van der Waals surface area contributed by atoms with E-state index in [9.17, 15) is 4.79 Å². The number of nitriles is 1. The standard InChI is InChI=1S/C14H14N4OS2/c1-10-17-18-14(21-10)20-8-2-3-13(19)16-12-6-4-11(9-15)5-7-12/h4-7H,2-3,8H2,1H3,(H,16,19). The SMILES string of the molecule is Cc1nnc(SCCCC(=O)Nc2ccc(C#N)cc2)s1. The zero-order valence-electron chi connectivity index (χ0n) is 11.5. The van der Waals surface area contributed by atoms with Crippen LogP contribution in [0.5, 0.6) is 0 Å². The molecular formula is C14H14N4OS2. The number of aromatic nitrogens is 2. The lowest BCUT2D eigenvalue weighted by molar-refractivity contribution is -0.116. The van der Waals surface area contributed by atoms with Gasteiger partial charge in [-0.1, -0.05) is 23.1 Å². The van der Waals surface area contributed by atoms with Crippen molar-refractivity contribution in [3.63, 3.8) is 0 Å². The van der Waals surface area contributed by atoms with Crippen molar-refractivity contribution in [1.82, 2.24) is 10.2 Å². The molecule has 0 bridgehead atoms. The van der Waals surface area contributed by atoms with E-state index in [2.05, 4.69) is 15.5 Å². The Bertz CT molecular complexity index is 646. The number of anilines is 1. The van der Waals surface area contributed by atoms with Gasteiger partial charge in [0.2, 0.25) is 5.91 Å². The second-order valence-electron chi connectivity index (χ2n) is 4.28. The molecule has 1 aromatic carbocycles. The van der Waals surface area contributed by atoms with Crippen LogP contribution in [0, 0.1) is 18.3 Å². The van der Waals surface area contributed by atoms with Gasteiger partial charge in [0.1, 0.15) is 5.01 Å². The van der Waals surface area contributed by atoms with E-state index in [0.717, 1.165) is 21.5 Å². The normalized spacial score (nSPS) is 10.1. The molecule has 5 nitrogen and oxygen atoms in total. The summed E-state index contributed by atoms with van der Waals surface area (Å²) in [6.07, 6.45) is 1.25. The average molecular weight is 318 g/mol. The summed E-state index contributed by atoms with van der Waals surface area (Å²) in [6.45, 7) is 1.92. The first-order valence-electron chi connectivity index (χ1n) is 6.40. The van der Waals surface area contributed by atoms with Crippen molar-refractivity contribution in [2.45, 2.75) is 24.1 Å². The topological polar surface area (TPSA) is 78.7 Å². The number of thioether (sulfide) groups is 1. The molecule has 1 heterocycles. The molecule has 21 heavy (non-hydrogen) atoms. The lowest BCUT2D eigenvalue weighted by atomic mass is 10.2. The molecule has 1 aromatic heterocycles. The van der Waals surface area contributed by atoms with Crippen molar-refractivity contribution in [2.75, 3.05) is 11.1 Å². The zero-order chi connectivity index (χ0) is 15.1. The van der Waals surface area contributed by atoms with E-state index in [-0.39, 0.29) is 5.91 Å². The number of carbonyl (C=O) groups excluding carboxylic acids is 1. The third-order valence-corrected chi connectivity index (χ3v) is 4.64. The highest BCUT2D eigenvalue weighted by Crippen LogP contribution is 2.22. The molecule has 0 fully saturated rings. The number of benzene rings is 1. The Hall–Kier alpha value is -1.91. The number of rotatable bonds is 6. The first kappa shape index (κ1) is 15.5. The Labute approximate surface area is 131 Å². The quantitative estimate of drug-likeness (QED) is 0.653. The summed E-state index contributed by atoms with van der Waals surface area (Å²) in [6, 6.07) is 8.87. The van der Waals surface area contributed by atoms with Crippen LogP contribution in [0.15, 0.2) is 28.6 Å². The number of hydrogen-bond donors (Lipinski definition) is 1. The fourth-order valence-electron chi connectivity index (χ4n) is 1.58. The summed E-state index contributed by atoms with van der Waals surface area (Å²) in [5, 5.41) is 20.4. The number of carbonyl (C=O) groups is 1. The minimum Gasteiger partial charge on any atom is -0.326 e. The maximum Gasteiger partial charge on any atom is 0.224 e. The van der Waals surface area contributed by atoms with Gasteiger partial charge in [-0.05, 0) is 37.6 Å². The maximum absolute atomic E-state index is 11.8. The van der Waals surface area contributed by atoms with Crippen molar-refractivity contribution in [3.05, 3.63) is 34.8 Å². The Morgan fingerprint density at radius 3 is 2.76 bits per heavy atom. The molecule has 0 unspecified atom stereocenters. The molecule has 0 aliphatic heterocycles. The summed E-state index contributed by atoms with van der Waals surface area (Å²) < 4.78 is 0.944. The van der Waals surface area contributed by atoms with E-state index >= 15 is 0 Å². The molecule has 7 heteroatoms. The number of aryl methyl sites for hydroxylation is 1. The van der Waals surface area contributed by atoms with Gasteiger partial charge in [0, 0.05) is 17.9 Å². The van der Waals surface area contributed by atoms with Crippen molar-refractivity contribution < 1.29 is 4.79 Å². The molecule has 0 saturated heterocycles. The summed E-state index contributed by atoms with van der Waals surface area (Å²) in [7, 11) is 0. The van der Waals surface area contributed by atoms with E-state index in [1.54, 1.807) is 47.4 Å². The van der Waals surface area contributed by atoms with Crippen molar-refractivity contribution in [3.8, 4) is 6.07 Å². The summed E-state index contributed by atoms with van der Waals surface area (Å²) in [5.74, 6) is 0.823. The molecule has 0 atom stereocenters. The minimum absolute atomic E-state index is 0.0197. The molecular weight excluding hydrogens is 304 g/mol. The highest BCUT2D eigenvalue weighted by Gasteiger charge is 2.04. The van der Waals surface area contributed by atoms with Gasteiger partial charge >= 0.3 is 0 Å². The summed E-state index contributed by atoms with van der Waals surface area (Å²) >= 11 is 3.19. The molecule has 108 valence electrons. The second-order valence-corrected chi connectivity index (χ2v) is 6.80. The van der Waals surface area contributed by atoms with Crippen LogP contribution >= 0.6 is 23.1 Å². The number of nitrogens with one attached hydrogen (secondary N) is 1. The first-order chi connectivity index (χ1) is 10.2. The number of nitrogens with zero attached hydrogens (tertiary/aromatic N) is 3. The Morgan fingerprint density at radius 2 is 2.14 bits per heavy atom. The van der Waals surface area contributed by atoms with Crippen LogP contribution in [-0.4, -0.2) is 21.9 Å². The third kappa shape index (κ3) is 5.17. The van der Waals surface area contributed by atoms with Crippen LogP contribution in [0.1, 0.15) is 23.4 Å². The van der Waals surface area contributed by atoms with Crippen LogP contribution in [0.4, 0.5) is 5.69 Å². The van der Waals surface area contributed by atoms with E-state index in [1.807, 2.05) is 13.0 Å². The van der Waals surface area contributed by atoms with Crippen LogP contribution in [0.25, 0.3) is 0 Å². The predicted molar refractivity (Wildman–Crippen MR) is 84.4 cm³/mol. The smallest absolute Gasteiger partial charge is 0.224 e. The Balaban J connectivity index is 1.68. The fraction of sp³-hybridized carbons (Fsp3) is 0.286.